The van der Waals surface area contributed by atoms with Crippen LogP contribution in [0, 0.1) is 5.92 Å². The summed E-state index contributed by atoms with van der Waals surface area (Å²) in [7, 11) is 1.62. The van der Waals surface area contributed by atoms with Gasteiger partial charge in [-0.05, 0) is 18.4 Å². The molecule has 0 aliphatic rings. The van der Waals surface area contributed by atoms with Gasteiger partial charge in [0.05, 0.1) is 23.2 Å². The Hall–Kier alpha value is -1.33. The predicted molar refractivity (Wildman–Crippen MR) is 86.0 cm³/mol. The predicted octanol–water partition coefficient (Wildman–Crippen LogP) is 2.96. The smallest absolute Gasteiger partial charge is 0.253 e. The minimum absolute atomic E-state index is 0.0424. The third-order valence-electron chi connectivity index (χ3n) is 3.11. The van der Waals surface area contributed by atoms with Gasteiger partial charge in [0.25, 0.3) is 5.91 Å². The third kappa shape index (κ3) is 5.52. The summed E-state index contributed by atoms with van der Waals surface area (Å²) in [6.07, 6.45) is 2.51. The first kappa shape index (κ1) is 17.7. The molecule has 2 N–H and O–H groups in total. The molecule has 0 radical (unpaired) electrons. The van der Waals surface area contributed by atoms with Crippen molar-refractivity contribution in [3.63, 3.8) is 0 Å². The number of carbonyl (C=O) groups excluding carboxylic acids is 1. The first-order chi connectivity index (χ1) is 9.99. The van der Waals surface area contributed by atoms with E-state index in [1.54, 1.807) is 13.2 Å². The molecule has 1 unspecified atom stereocenters. The van der Waals surface area contributed by atoms with E-state index in [0.29, 0.717) is 23.0 Å². The number of pyridine rings is 1. The van der Waals surface area contributed by atoms with Gasteiger partial charge in [-0.3, -0.25) is 4.79 Å². The van der Waals surface area contributed by atoms with Crippen LogP contribution in [0.1, 0.15) is 37.6 Å². The molecule has 0 aromatic carbocycles. The lowest BCUT2D eigenvalue weighted by molar-refractivity contribution is 0.0866. The van der Waals surface area contributed by atoms with Crippen LogP contribution in [0.4, 0.5) is 5.82 Å². The largest absolute Gasteiger partial charge is 0.383 e. The molecular formula is C15H24ClN3O2. The molecule has 6 heteroatoms. The first-order valence-electron chi connectivity index (χ1n) is 7.18. The molecule has 5 nitrogen and oxygen atoms in total. The molecule has 1 heterocycles. The molecule has 1 amide bonds. The van der Waals surface area contributed by atoms with Crippen LogP contribution in [0.5, 0.6) is 0 Å². The van der Waals surface area contributed by atoms with Crippen molar-refractivity contribution in [1.29, 1.82) is 0 Å². The summed E-state index contributed by atoms with van der Waals surface area (Å²) in [6.45, 7) is 7.40. The van der Waals surface area contributed by atoms with E-state index in [4.69, 9.17) is 16.3 Å². The number of ether oxygens (including phenoxy) is 1. The van der Waals surface area contributed by atoms with Crippen LogP contribution in [0.3, 0.4) is 0 Å². The van der Waals surface area contributed by atoms with Crippen LogP contribution in [-0.4, -0.2) is 37.2 Å². The van der Waals surface area contributed by atoms with E-state index in [-0.39, 0.29) is 17.9 Å². The third-order valence-corrected chi connectivity index (χ3v) is 3.40. The number of hydrogen-bond acceptors (Lipinski definition) is 4. The second-order valence-electron chi connectivity index (χ2n) is 5.26. The number of methoxy groups -OCH3 is 1. The molecular weight excluding hydrogens is 290 g/mol. The van der Waals surface area contributed by atoms with Crippen molar-refractivity contribution in [2.24, 2.45) is 5.92 Å². The number of aromatic nitrogens is 1. The highest BCUT2D eigenvalue weighted by molar-refractivity contribution is 6.33. The molecule has 118 valence electrons. The minimum atomic E-state index is -0.192. The van der Waals surface area contributed by atoms with Crippen LogP contribution in [-0.2, 0) is 4.74 Å². The Balaban J connectivity index is 2.76. The summed E-state index contributed by atoms with van der Waals surface area (Å²) in [5.41, 5.74) is 0.448. The molecule has 0 spiro atoms. The summed E-state index contributed by atoms with van der Waals surface area (Å²) >= 11 is 6.14. The van der Waals surface area contributed by atoms with E-state index in [1.165, 1.54) is 6.20 Å². The molecule has 1 atom stereocenters. The van der Waals surface area contributed by atoms with Crippen LogP contribution in [0.25, 0.3) is 0 Å². The summed E-state index contributed by atoms with van der Waals surface area (Å²) in [5, 5.41) is 6.50. The van der Waals surface area contributed by atoms with Gasteiger partial charge in [-0.15, -0.1) is 0 Å². The van der Waals surface area contributed by atoms with Crippen molar-refractivity contribution >= 4 is 23.3 Å². The van der Waals surface area contributed by atoms with Crippen molar-refractivity contribution in [3.05, 3.63) is 22.8 Å². The van der Waals surface area contributed by atoms with Gasteiger partial charge < -0.3 is 15.4 Å². The Morgan fingerprint density at radius 1 is 1.48 bits per heavy atom. The van der Waals surface area contributed by atoms with Crippen molar-refractivity contribution in [1.82, 2.24) is 10.3 Å². The average molecular weight is 314 g/mol. The number of anilines is 1. The number of halogens is 1. The maximum Gasteiger partial charge on any atom is 0.253 e. The Kier molecular flexibility index (Phi) is 7.47. The summed E-state index contributed by atoms with van der Waals surface area (Å²) < 4.78 is 5.12. The lowest BCUT2D eigenvalue weighted by Crippen LogP contribution is -2.41. The highest BCUT2D eigenvalue weighted by Crippen LogP contribution is 2.20. The molecule has 0 aliphatic heterocycles. The molecule has 0 saturated heterocycles. The monoisotopic (exact) mass is 313 g/mol. The van der Waals surface area contributed by atoms with Gasteiger partial charge in [0.2, 0.25) is 0 Å². The lowest BCUT2D eigenvalue weighted by Gasteiger charge is -2.21. The minimum Gasteiger partial charge on any atom is -0.383 e. The normalized spacial score (nSPS) is 12.3. The van der Waals surface area contributed by atoms with Crippen molar-refractivity contribution < 1.29 is 9.53 Å². The van der Waals surface area contributed by atoms with Gasteiger partial charge in [-0.2, -0.15) is 0 Å². The SMILES string of the molecule is CCCNc1ncc(C(=O)NC(COC)C(C)C)cc1Cl. The molecule has 0 saturated carbocycles. The summed E-state index contributed by atoms with van der Waals surface area (Å²) in [4.78, 5) is 16.4. The number of rotatable bonds is 8. The number of amides is 1. The highest BCUT2D eigenvalue weighted by Gasteiger charge is 2.18. The summed E-state index contributed by atoms with van der Waals surface area (Å²) in [6, 6.07) is 1.59. The van der Waals surface area contributed by atoms with E-state index in [2.05, 4.69) is 22.5 Å². The van der Waals surface area contributed by atoms with Gasteiger partial charge in [-0.25, -0.2) is 4.98 Å². The number of nitrogens with one attached hydrogen (secondary N) is 2. The molecule has 0 bridgehead atoms. The zero-order valence-electron chi connectivity index (χ0n) is 13.1. The van der Waals surface area contributed by atoms with Gasteiger partial charge in [0, 0.05) is 19.9 Å². The van der Waals surface area contributed by atoms with Crippen LogP contribution >= 0.6 is 11.6 Å². The molecule has 1 aromatic heterocycles. The quantitative estimate of drug-likeness (QED) is 0.774. The molecule has 0 aliphatic carbocycles. The molecule has 1 rings (SSSR count). The van der Waals surface area contributed by atoms with Gasteiger partial charge in [-0.1, -0.05) is 32.4 Å². The summed E-state index contributed by atoms with van der Waals surface area (Å²) in [5.74, 6) is 0.692. The average Bonchev–Trinajstić information content (AvgIpc) is 2.45. The van der Waals surface area contributed by atoms with E-state index in [9.17, 15) is 4.79 Å². The fraction of sp³-hybridized carbons (Fsp3) is 0.600. The number of nitrogens with zero attached hydrogens (tertiary/aromatic N) is 1. The van der Waals surface area contributed by atoms with Crippen molar-refractivity contribution in [2.45, 2.75) is 33.2 Å². The van der Waals surface area contributed by atoms with Gasteiger partial charge >= 0.3 is 0 Å². The first-order valence-corrected chi connectivity index (χ1v) is 7.56. The number of hydrogen-bond donors (Lipinski definition) is 2. The van der Waals surface area contributed by atoms with E-state index in [1.807, 2.05) is 13.8 Å². The topological polar surface area (TPSA) is 63.2 Å². The van der Waals surface area contributed by atoms with E-state index in [0.717, 1.165) is 13.0 Å². The number of carbonyl (C=O) groups is 1. The van der Waals surface area contributed by atoms with Crippen molar-refractivity contribution in [2.75, 3.05) is 25.6 Å². The molecule has 0 fully saturated rings. The zero-order chi connectivity index (χ0) is 15.8. The Labute approximate surface area is 131 Å². The Morgan fingerprint density at radius 3 is 2.71 bits per heavy atom. The van der Waals surface area contributed by atoms with E-state index < -0.39 is 0 Å². The van der Waals surface area contributed by atoms with Crippen molar-refractivity contribution in [3.8, 4) is 0 Å². The van der Waals surface area contributed by atoms with Gasteiger partial charge in [0.15, 0.2) is 0 Å². The van der Waals surface area contributed by atoms with Crippen LogP contribution in [0.2, 0.25) is 5.02 Å². The molecule has 1 aromatic rings. The lowest BCUT2D eigenvalue weighted by atomic mass is 10.0. The fourth-order valence-corrected chi connectivity index (χ4v) is 2.00. The maximum atomic E-state index is 12.2. The Morgan fingerprint density at radius 2 is 2.19 bits per heavy atom. The fourth-order valence-electron chi connectivity index (χ4n) is 1.77. The van der Waals surface area contributed by atoms with E-state index >= 15 is 0 Å². The van der Waals surface area contributed by atoms with Crippen LogP contribution in [0.15, 0.2) is 12.3 Å². The maximum absolute atomic E-state index is 12.2. The van der Waals surface area contributed by atoms with Gasteiger partial charge in [0.1, 0.15) is 5.82 Å². The molecule has 21 heavy (non-hydrogen) atoms. The highest BCUT2D eigenvalue weighted by atomic mass is 35.5. The second-order valence-corrected chi connectivity index (χ2v) is 5.67. The Bertz CT molecular complexity index is 466. The zero-order valence-corrected chi connectivity index (χ0v) is 13.8. The second kappa shape index (κ2) is 8.85. The standard InChI is InChI=1S/C15H24ClN3O2/c1-5-6-17-14-12(16)7-11(8-18-14)15(20)19-13(9-21-4)10(2)3/h7-8,10,13H,5-6,9H2,1-4H3,(H,17,18)(H,19,20). The van der Waals surface area contributed by atoms with Crippen LogP contribution < -0.4 is 10.6 Å².